The van der Waals surface area contributed by atoms with Crippen LogP contribution in [0.4, 0.5) is 4.39 Å². The third kappa shape index (κ3) is 3.26. The van der Waals surface area contributed by atoms with Crippen molar-refractivity contribution in [3.63, 3.8) is 0 Å². The fourth-order valence-electron chi connectivity index (χ4n) is 1.88. The summed E-state index contributed by atoms with van der Waals surface area (Å²) in [6.07, 6.45) is 3.02. The standard InChI is InChI=1S/C14H12FN5S/c15-11-3-4-12(17-7-11)8-20-9-14(18-19-20)10-1-5-13(21-16)6-2-10/h1-7,9H,8,16H2. The average Bonchev–Trinajstić information content (AvgIpc) is 2.98. The van der Waals surface area contributed by atoms with Crippen molar-refractivity contribution in [1.82, 2.24) is 20.0 Å². The molecule has 0 saturated carbocycles. The Labute approximate surface area is 125 Å². The van der Waals surface area contributed by atoms with E-state index in [-0.39, 0.29) is 5.82 Å². The Morgan fingerprint density at radius 1 is 1.14 bits per heavy atom. The molecule has 3 rings (SSSR count). The first-order valence-corrected chi connectivity index (χ1v) is 7.10. The molecule has 5 nitrogen and oxygen atoms in total. The molecule has 0 saturated heterocycles. The molecule has 1 aromatic carbocycles. The summed E-state index contributed by atoms with van der Waals surface area (Å²) >= 11 is 1.20. The van der Waals surface area contributed by atoms with Crippen LogP contribution in [0.2, 0.25) is 0 Å². The van der Waals surface area contributed by atoms with E-state index >= 15 is 0 Å². The van der Waals surface area contributed by atoms with E-state index < -0.39 is 0 Å². The number of nitrogens with two attached hydrogens (primary N) is 1. The van der Waals surface area contributed by atoms with Gasteiger partial charge < -0.3 is 0 Å². The number of hydrogen-bond acceptors (Lipinski definition) is 5. The van der Waals surface area contributed by atoms with E-state index in [2.05, 4.69) is 15.3 Å². The van der Waals surface area contributed by atoms with E-state index in [0.29, 0.717) is 6.54 Å². The molecule has 2 N–H and O–H groups in total. The zero-order valence-electron chi connectivity index (χ0n) is 11.0. The second kappa shape index (κ2) is 6.02. The molecule has 106 valence electrons. The number of aromatic nitrogens is 4. The molecule has 0 aliphatic heterocycles. The van der Waals surface area contributed by atoms with Gasteiger partial charge in [-0.15, -0.1) is 5.10 Å². The maximum atomic E-state index is 12.8. The topological polar surface area (TPSA) is 69.6 Å². The highest BCUT2D eigenvalue weighted by Crippen LogP contribution is 2.20. The van der Waals surface area contributed by atoms with Crippen LogP contribution in [0.25, 0.3) is 11.3 Å². The predicted octanol–water partition coefficient (Wildman–Crippen LogP) is 2.49. The van der Waals surface area contributed by atoms with Crippen molar-refractivity contribution in [1.29, 1.82) is 0 Å². The third-order valence-corrected chi connectivity index (χ3v) is 3.48. The fourth-order valence-corrected chi connectivity index (χ4v) is 2.17. The summed E-state index contributed by atoms with van der Waals surface area (Å²) in [5.41, 5.74) is 2.46. The molecule has 0 radical (unpaired) electrons. The van der Waals surface area contributed by atoms with Crippen LogP contribution in [0.1, 0.15) is 5.69 Å². The Balaban J connectivity index is 1.77. The number of halogens is 1. The molecule has 21 heavy (non-hydrogen) atoms. The summed E-state index contributed by atoms with van der Waals surface area (Å²) in [4.78, 5) is 4.99. The minimum Gasteiger partial charge on any atom is -0.274 e. The lowest BCUT2D eigenvalue weighted by Crippen LogP contribution is -2.02. The van der Waals surface area contributed by atoms with Crippen LogP contribution in [0.15, 0.2) is 53.7 Å². The Morgan fingerprint density at radius 3 is 2.62 bits per heavy atom. The molecule has 0 unspecified atom stereocenters. The van der Waals surface area contributed by atoms with Crippen LogP contribution in [0.3, 0.4) is 0 Å². The van der Waals surface area contributed by atoms with Gasteiger partial charge in [0.25, 0.3) is 0 Å². The lowest BCUT2D eigenvalue weighted by molar-refractivity contribution is 0.607. The molecule has 0 amide bonds. The largest absolute Gasteiger partial charge is 0.274 e. The van der Waals surface area contributed by atoms with Gasteiger partial charge in [-0.1, -0.05) is 17.3 Å². The highest BCUT2D eigenvalue weighted by atomic mass is 32.2. The van der Waals surface area contributed by atoms with E-state index in [1.165, 1.54) is 24.2 Å². The first kappa shape index (κ1) is 13.7. The van der Waals surface area contributed by atoms with Gasteiger partial charge in [0.1, 0.15) is 11.5 Å². The van der Waals surface area contributed by atoms with Gasteiger partial charge in [-0.25, -0.2) is 9.07 Å². The average molecular weight is 301 g/mol. The Bertz CT molecular complexity index is 724. The van der Waals surface area contributed by atoms with Crippen LogP contribution >= 0.6 is 11.9 Å². The molecule has 3 aromatic rings. The van der Waals surface area contributed by atoms with Crippen molar-refractivity contribution in [2.75, 3.05) is 0 Å². The van der Waals surface area contributed by atoms with E-state index in [1.807, 2.05) is 30.5 Å². The third-order valence-electron chi connectivity index (χ3n) is 2.94. The molecule has 0 aliphatic rings. The quantitative estimate of drug-likeness (QED) is 0.750. The molecular weight excluding hydrogens is 289 g/mol. The molecule has 0 aliphatic carbocycles. The van der Waals surface area contributed by atoms with Gasteiger partial charge in [-0.05, 0) is 36.2 Å². The molecule has 2 aromatic heterocycles. The minimum atomic E-state index is -0.351. The normalized spacial score (nSPS) is 10.8. The highest BCUT2D eigenvalue weighted by molar-refractivity contribution is 7.97. The van der Waals surface area contributed by atoms with Gasteiger partial charge in [0.2, 0.25) is 0 Å². The number of benzene rings is 1. The first-order chi connectivity index (χ1) is 10.2. The Kier molecular flexibility index (Phi) is 3.94. The van der Waals surface area contributed by atoms with Crippen molar-refractivity contribution in [2.24, 2.45) is 5.14 Å². The lowest BCUT2D eigenvalue weighted by Gasteiger charge is -1.99. The van der Waals surface area contributed by atoms with Crippen molar-refractivity contribution < 1.29 is 4.39 Å². The van der Waals surface area contributed by atoms with Crippen molar-refractivity contribution in [2.45, 2.75) is 11.4 Å². The van der Waals surface area contributed by atoms with E-state index in [1.54, 1.807) is 10.7 Å². The SMILES string of the molecule is NSc1ccc(-c2cn(Cc3ccc(F)cn3)nn2)cc1. The van der Waals surface area contributed by atoms with Gasteiger partial charge in [0, 0.05) is 10.5 Å². The summed E-state index contributed by atoms with van der Waals surface area (Å²) < 4.78 is 14.5. The summed E-state index contributed by atoms with van der Waals surface area (Å²) in [7, 11) is 0. The van der Waals surface area contributed by atoms with Crippen molar-refractivity contribution >= 4 is 11.9 Å². The molecule has 0 spiro atoms. The maximum Gasteiger partial charge on any atom is 0.141 e. The van der Waals surface area contributed by atoms with Crippen molar-refractivity contribution in [3.05, 3.63) is 60.3 Å². The number of nitrogens with zero attached hydrogens (tertiary/aromatic N) is 4. The van der Waals surface area contributed by atoms with E-state index in [9.17, 15) is 4.39 Å². The van der Waals surface area contributed by atoms with Crippen LogP contribution in [-0.2, 0) is 6.54 Å². The number of rotatable bonds is 4. The molecular formula is C14H12FN5S. The van der Waals surface area contributed by atoms with Gasteiger partial charge in [-0.2, -0.15) is 0 Å². The first-order valence-electron chi connectivity index (χ1n) is 6.22. The van der Waals surface area contributed by atoms with E-state index in [0.717, 1.165) is 21.8 Å². The molecule has 0 atom stereocenters. The summed E-state index contributed by atoms with van der Waals surface area (Å²) in [5, 5.41) is 13.7. The smallest absolute Gasteiger partial charge is 0.141 e. The van der Waals surface area contributed by atoms with Crippen LogP contribution in [0, 0.1) is 5.82 Å². The summed E-state index contributed by atoms with van der Waals surface area (Å²) in [6.45, 7) is 0.448. The number of hydrogen-bond donors (Lipinski definition) is 1. The summed E-state index contributed by atoms with van der Waals surface area (Å²) in [5.74, 6) is -0.351. The zero-order chi connectivity index (χ0) is 14.7. The molecule has 7 heteroatoms. The van der Waals surface area contributed by atoms with Crippen LogP contribution in [-0.4, -0.2) is 20.0 Å². The lowest BCUT2D eigenvalue weighted by atomic mass is 10.2. The number of pyridine rings is 1. The summed E-state index contributed by atoms with van der Waals surface area (Å²) in [6, 6.07) is 10.8. The van der Waals surface area contributed by atoms with Crippen molar-refractivity contribution in [3.8, 4) is 11.3 Å². The molecule has 2 heterocycles. The van der Waals surface area contributed by atoms with E-state index in [4.69, 9.17) is 5.14 Å². The Morgan fingerprint density at radius 2 is 1.95 bits per heavy atom. The minimum absolute atomic E-state index is 0.351. The van der Waals surface area contributed by atoms with Crippen LogP contribution < -0.4 is 5.14 Å². The fraction of sp³-hybridized carbons (Fsp3) is 0.0714. The monoisotopic (exact) mass is 301 g/mol. The van der Waals surface area contributed by atoms with Gasteiger partial charge >= 0.3 is 0 Å². The zero-order valence-corrected chi connectivity index (χ0v) is 11.8. The Hall–Kier alpha value is -2.25. The molecule has 0 bridgehead atoms. The molecule has 0 fully saturated rings. The van der Waals surface area contributed by atoms with Gasteiger partial charge in [-0.3, -0.25) is 10.1 Å². The second-order valence-electron chi connectivity index (χ2n) is 4.41. The van der Waals surface area contributed by atoms with Crippen LogP contribution in [0.5, 0.6) is 0 Å². The maximum absolute atomic E-state index is 12.8. The predicted molar refractivity (Wildman–Crippen MR) is 78.8 cm³/mol. The highest BCUT2D eigenvalue weighted by Gasteiger charge is 2.05. The van der Waals surface area contributed by atoms with Gasteiger partial charge in [0.05, 0.1) is 24.6 Å². The second-order valence-corrected chi connectivity index (χ2v) is 5.12. The van der Waals surface area contributed by atoms with Gasteiger partial charge in [0.15, 0.2) is 0 Å².